The fourth-order valence-electron chi connectivity index (χ4n) is 4.21. The molecule has 5 heterocycles. The van der Waals surface area contributed by atoms with E-state index >= 15 is 0 Å². The molecule has 37 heavy (non-hydrogen) atoms. The van der Waals surface area contributed by atoms with Gasteiger partial charge in [-0.2, -0.15) is 0 Å². The number of nitrogens with zero attached hydrogens (tertiary/aromatic N) is 7. The molecule has 0 aliphatic carbocycles. The second-order valence-corrected chi connectivity index (χ2v) is 9.20. The summed E-state index contributed by atoms with van der Waals surface area (Å²) >= 11 is 1.28. The van der Waals surface area contributed by atoms with Gasteiger partial charge in [0.2, 0.25) is 11.8 Å². The molecule has 2 amide bonds. The van der Waals surface area contributed by atoms with E-state index in [0.29, 0.717) is 29.6 Å². The summed E-state index contributed by atoms with van der Waals surface area (Å²) in [5, 5.41) is 14.6. The van der Waals surface area contributed by atoms with Gasteiger partial charge < -0.3 is 20.1 Å². The zero-order valence-electron chi connectivity index (χ0n) is 19.3. The molecule has 3 N–H and O–H groups in total. The first-order valence-corrected chi connectivity index (χ1v) is 11.9. The molecule has 0 aromatic carbocycles. The molecule has 2 aliphatic rings. The minimum atomic E-state index is -1.23. The zero-order chi connectivity index (χ0) is 26.0. The van der Waals surface area contributed by atoms with E-state index in [9.17, 15) is 19.1 Å². The number of hydrogen-bond acceptors (Lipinski definition) is 11. The summed E-state index contributed by atoms with van der Waals surface area (Å²) in [4.78, 5) is 51.4. The normalized spacial score (nSPS) is 20.5. The van der Waals surface area contributed by atoms with Crippen LogP contribution in [0.3, 0.4) is 0 Å². The predicted molar refractivity (Wildman–Crippen MR) is 131 cm³/mol. The number of ether oxygens (including phenoxy) is 1. The topological polar surface area (TPSA) is 168 Å². The molecule has 190 valence electrons. The Labute approximate surface area is 213 Å². The number of fused-ring (bicyclic) bond motifs is 1. The number of amides is 2. The molecule has 3 aromatic heterocycles. The lowest BCUT2D eigenvalue weighted by Gasteiger charge is -2.34. The zero-order valence-corrected chi connectivity index (χ0v) is 20.1. The Morgan fingerprint density at radius 3 is 2.68 bits per heavy atom. The molecule has 2 aliphatic heterocycles. The molecule has 3 aromatic rings. The molecular formula is C22H20FN9O4S. The fourth-order valence-corrected chi connectivity index (χ4v) is 5.34. The highest BCUT2D eigenvalue weighted by atomic mass is 32.2. The molecule has 0 radical (unpaired) electrons. The molecule has 0 spiro atoms. The van der Waals surface area contributed by atoms with Crippen molar-refractivity contribution in [3.63, 3.8) is 0 Å². The van der Waals surface area contributed by atoms with Crippen molar-refractivity contribution in [1.29, 1.82) is 0 Å². The summed E-state index contributed by atoms with van der Waals surface area (Å²) in [7, 11) is 1.45. The standard InChI is InChI=1S/C22H20FN9O4S/c1-36-17-8-25-15(7-26-17)18(33)29-14-2-3-24-16(4-14)22-11-32(19-27-5-13(23)6-28-19)9-12(22)10-37-20(31-22)30-21(34)35/h2-8,12H,9-11H2,1H3,(H,30,31)(H,34,35)(H,24,29,33)/t12-,22?/m0/s1. The van der Waals surface area contributed by atoms with Gasteiger partial charge in [0.15, 0.2) is 11.0 Å². The first-order valence-electron chi connectivity index (χ1n) is 11.0. The number of aromatic nitrogens is 5. The second kappa shape index (κ2) is 9.93. The van der Waals surface area contributed by atoms with E-state index in [1.165, 1.54) is 37.5 Å². The highest BCUT2D eigenvalue weighted by Gasteiger charge is 2.52. The van der Waals surface area contributed by atoms with Crippen LogP contribution in [0.4, 0.5) is 20.8 Å². The number of aliphatic imine (C=N–C) groups is 1. The van der Waals surface area contributed by atoms with Crippen LogP contribution < -0.4 is 20.3 Å². The Hall–Kier alpha value is -4.40. The Bertz CT molecular complexity index is 1360. The van der Waals surface area contributed by atoms with Crippen LogP contribution >= 0.6 is 11.8 Å². The van der Waals surface area contributed by atoms with E-state index in [4.69, 9.17) is 9.73 Å². The summed E-state index contributed by atoms with van der Waals surface area (Å²) in [6.45, 7) is 0.755. The van der Waals surface area contributed by atoms with E-state index in [-0.39, 0.29) is 29.2 Å². The minimum absolute atomic E-state index is 0.0933. The van der Waals surface area contributed by atoms with Crippen LogP contribution in [0.2, 0.25) is 0 Å². The van der Waals surface area contributed by atoms with E-state index in [1.54, 1.807) is 12.1 Å². The van der Waals surface area contributed by atoms with Gasteiger partial charge in [0, 0.05) is 30.1 Å². The van der Waals surface area contributed by atoms with Gasteiger partial charge in [0.05, 0.1) is 44.1 Å². The number of carbonyl (C=O) groups is 2. The van der Waals surface area contributed by atoms with Gasteiger partial charge in [0.25, 0.3) is 5.91 Å². The van der Waals surface area contributed by atoms with Crippen molar-refractivity contribution >= 4 is 40.6 Å². The molecule has 0 bridgehead atoms. The Morgan fingerprint density at radius 2 is 1.97 bits per heavy atom. The second-order valence-electron chi connectivity index (χ2n) is 8.19. The van der Waals surface area contributed by atoms with Crippen molar-refractivity contribution in [1.82, 2.24) is 30.2 Å². The van der Waals surface area contributed by atoms with Crippen molar-refractivity contribution in [2.45, 2.75) is 5.54 Å². The number of pyridine rings is 1. The molecular weight excluding hydrogens is 505 g/mol. The Kier molecular flexibility index (Phi) is 6.52. The number of rotatable bonds is 5. The van der Waals surface area contributed by atoms with Crippen molar-refractivity contribution in [2.24, 2.45) is 10.9 Å². The number of carboxylic acid groups (broad SMARTS) is 1. The Morgan fingerprint density at radius 1 is 1.16 bits per heavy atom. The number of carbonyl (C=O) groups excluding carboxylic acids is 1. The highest BCUT2D eigenvalue weighted by molar-refractivity contribution is 8.13. The molecule has 5 rings (SSSR count). The lowest BCUT2D eigenvalue weighted by atomic mass is 9.85. The van der Waals surface area contributed by atoms with Gasteiger partial charge in [-0.3, -0.25) is 15.1 Å². The van der Waals surface area contributed by atoms with Crippen LogP contribution in [0.15, 0.2) is 48.1 Å². The molecule has 13 nitrogen and oxygen atoms in total. The summed E-state index contributed by atoms with van der Waals surface area (Å²) < 4.78 is 18.4. The molecule has 1 fully saturated rings. The summed E-state index contributed by atoms with van der Waals surface area (Å²) in [6, 6.07) is 3.31. The van der Waals surface area contributed by atoms with E-state index in [0.717, 1.165) is 12.4 Å². The van der Waals surface area contributed by atoms with E-state index in [2.05, 4.69) is 35.6 Å². The number of thioether (sulfide) groups is 1. The fraction of sp³-hybridized carbons (Fsp3) is 0.273. The summed E-state index contributed by atoms with van der Waals surface area (Å²) in [6.07, 6.45) is 5.12. The third kappa shape index (κ3) is 4.97. The summed E-state index contributed by atoms with van der Waals surface area (Å²) in [5.41, 5.74) is 0.0846. The van der Waals surface area contributed by atoms with Crippen LogP contribution in [-0.2, 0) is 5.54 Å². The number of anilines is 2. The lowest BCUT2D eigenvalue weighted by Crippen LogP contribution is -2.42. The number of halogens is 1. The quantitative estimate of drug-likeness (QED) is 0.444. The average Bonchev–Trinajstić information content (AvgIpc) is 3.29. The number of amidine groups is 1. The first-order chi connectivity index (χ1) is 17.9. The van der Waals surface area contributed by atoms with Crippen LogP contribution in [0, 0.1) is 11.7 Å². The molecule has 1 unspecified atom stereocenters. The van der Waals surface area contributed by atoms with Gasteiger partial charge in [0.1, 0.15) is 11.2 Å². The smallest absolute Gasteiger partial charge is 0.410 e. The minimum Gasteiger partial charge on any atom is -0.480 e. The van der Waals surface area contributed by atoms with Gasteiger partial charge in [-0.25, -0.2) is 34.1 Å². The maximum atomic E-state index is 13.4. The third-order valence-electron chi connectivity index (χ3n) is 5.91. The SMILES string of the molecule is COc1cnc(C(=O)Nc2ccnc(C34CN(c5ncc(F)cn5)C[C@H]3CSC(NC(=O)O)=N4)c2)cn1. The Balaban J connectivity index is 1.47. The molecule has 15 heteroatoms. The number of nitrogens with one attached hydrogen (secondary N) is 2. The average molecular weight is 526 g/mol. The van der Waals surface area contributed by atoms with Crippen LogP contribution in [-0.4, -0.2) is 73.1 Å². The van der Waals surface area contributed by atoms with Gasteiger partial charge in [-0.05, 0) is 12.1 Å². The largest absolute Gasteiger partial charge is 0.480 e. The highest BCUT2D eigenvalue weighted by Crippen LogP contribution is 2.46. The number of hydrogen-bond donors (Lipinski definition) is 3. The maximum absolute atomic E-state index is 13.4. The third-order valence-corrected chi connectivity index (χ3v) is 6.94. The predicted octanol–water partition coefficient (Wildman–Crippen LogP) is 1.76. The molecule has 0 saturated carbocycles. The maximum Gasteiger partial charge on any atom is 0.410 e. The van der Waals surface area contributed by atoms with Crippen molar-refractivity contribution in [3.05, 3.63) is 60.3 Å². The van der Waals surface area contributed by atoms with Crippen molar-refractivity contribution in [2.75, 3.05) is 36.2 Å². The first kappa shape index (κ1) is 24.3. The van der Waals surface area contributed by atoms with Gasteiger partial charge in [-0.15, -0.1) is 0 Å². The van der Waals surface area contributed by atoms with E-state index in [1.807, 2.05) is 4.90 Å². The van der Waals surface area contributed by atoms with Gasteiger partial charge in [-0.1, -0.05) is 11.8 Å². The van der Waals surface area contributed by atoms with Crippen LogP contribution in [0.25, 0.3) is 0 Å². The van der Waals surface area contributed by atoms with Crippen molar-refractivity contribution < 1.29 is 23.8 Å². The monoisotopic (exact) mass is 525 g/mol. The summed E-state index contributed by atoms with van der Waals surface area (Å²) in [5.74, 6) is 0.00856. The lowest BCUT2D eigenvalue weighted by molar-refractivity contribution is 0.102. The van der Waals surface area contributed by atoms with Crippen molar-refractivity contribution in [3.8, 4) is 5.88 Å². The van der Waals surface area contributed by atoms with Crippen LogP contribution in [0.5, 0.6) is 5.88 Å². The molecule has 1 saturated heterocycles. The number of methoxy groups -OCH3 is 1. The molecule has 2 atom stereocenters. The van der Waals surface area contributed by atoms with Gasteiger partial charge >= 0.3 is 6.09 Å². The van der Waals surface area contributed by atoms with Crippen LogP contribution in [0.1, 0.15) is 16.2 Å². The van der Waals surface area contributed by atoms with E-state index < -0.39 is 23.4 Å².